The lowest BCUT2D eigenvalue weighted by molar-refractivity contribution is 0.0378. The number of aromatic nitrogens is 4. The smallest absolute Gasteiger partial charge is 0.338 e. The third-order valence-corrected chi connectivity index (χ3v) is 3.08. The summed E-state index contributed by atoms with van der Waals surface area (Å²) >= 11 is 0. The number of carbonyl (C=O) groups excluding carboxylic acids is 1. The van der Waals surface area contributed by atoms with Gasteiger partial charge in [-0.1, -0.05) is 17.2 Å². The van der Waals surface area contributed by atoms with E-state index in [-0.39, 0.29) is 18.0 Å². The summed E-state index contributed by atoms with van der Waals surface area (Å²) in [6.45, 7) is 3.62. The van der Waals surface area contributed by atoms with Crippen molar-refractivity contribution in [3.05, 3.63) is 47.7 Å². The first kappa shape index (κ1) is 16.4. The Morgan fingerprint density at radius 2 is 2.08 bits per heavy atom. The maximum absolute atomic E-state index is 11.8. The third-order valence-electron chi connectivity index (χ3n) is 3.08. The molecule has 0 radical (unpaired) electrons. The number of hydrogen-bond acceptors (Lipinski definition) is 8. The zero-order chi connectivity index (χ0) is 17.6. The van der Waals surface area contributed by atoms with Gasteiger partial charge in [-0.15, -0.1) is 5.10 Å². The molecule has 2 aromatic heterocycles. The third kappa shape index (κ3) is 4.28. The van der Waals surface area contributed by atoms with Crippen molar-refractivity contribution in [3.8, 4) is 11.3 Å². The number of furan rings is 1. The van der Waals surface area contributed by atoms with E-state index in [1.165, 1.54) is 6.21 Å². The molecule has 0 spiro atoms. The summed E-state index contributed by atoms with van der Waals surface area (Å²) < 4.78 is 10.8. The largest absolute Gasteiger partial charge is 0.459 e. The molecule has 0 atom stereocenters. The second-order valence-electron chi connectivity index (χ2n) is 5.34. The lowest BCUT2D eigenvalue weighted by Gasteiger charge is -2.07. The zero-order valence-corrected chi connectivity index (χ0v) is 13.6. The molecular formula is C16H16N6O3. The van der Waals surface area contributed by atoms with Crippen LogP contribution in [0.4, 0.5) is 5.95 Å². The van der Waals surface area contributed by atoms with Gasteiger partial charge < -0.3 is 9.15 Å². The molecule has 9 nitrogen and oxygen atoms in total. The molecule has 0 bridgehead atoms. The number of nitrogens with one attached hydrogen (secondary N) is 2. The lowest BCUT2D eigenvalue weighted by atomic mass is 10.1. The highest BCUT2D eigenvalue weighted by Crippen LogP contribution is 2.22. The Morgan fingerprint density at radius 1 is 1.28 bits per heavy atom. The van der Waals surface area contributed by atoms with Gasteiger partial charge in [-0.3, -0.25) is 0 Å². The highest BCUT2D eigenvalue weighted by molar-refractivity contribution is 5.90. The van der Waals surface area contributed by atoms with E-state index in [0.717, 1.165) is 5.56 Å². The second-order valence-corrected chi connectivity index (χ2v) is 5.34. The fraction of sp³-hybridized carbons (Fsp3) is 0.188. The standard InChI is InChI=1S/C16H16N6O3/c1-10(2)24-15(23)12-5-3-11(4-6-12)14-8-7-13(25-14)9-17-18-16-19-21-22-20-16/h3-10H,1-2H3,(H2,18,19,20,21,22)/b17-9-. The van der Waals surface area contributed by atoms with E-state index in [1.807, 2.05) is 19.9 Å². The normalized spacial score (nSPS) is 11.2. The molecule has 2 heterocycles. The van der Waals surface area contributed by atoms with Crippen molar-refractivity contribution in [2.75, 3.05) is 5.43 Å². The van der Waals surface area contributed by atoms with Crippen LogP contribution in [-0.4, -0.2) is 38.9 Å². The van der Waals surface area contributed by atoms with Crippen LogP contribution in [0.1, 0.15) is 30.0 Å². The predicted octanol–water partition coefficient (Wildman–Crippen LogP) is 2.47. The van der Waals surface area contributed by atoms with Gasteiger partial charge in [0, 0.05) is 5.56 Å². The van der Waals surface area contributed by atoms with Gasteiger partial charge in [-0.2, -0.15) is 10.3 Å². The Kier molecular flexibility index (Phi) is 4.84. The minimum absolute atomic E-state index is 0.153. The number of benzene rings is 1. The van der Waals surface area contributed by atoms with Crippen LogP contribution in [0.5, 0.6) is 0 Å². The fourth-order valence-electron chi connectivity index (χ4n) is 1.99. The number of ether oxygens (including phenoxy) is 1. The lowest BCUT2D eigenvalue weighted by Crippen LogP contribution is -2.11. The number of aromatic amines is 1. The summed E-state index contributed by atoms with van der Waals surface area (Å²) in [5.74, 6) is 1.12. The maximum Gasteiger partial charge on any atom is 0.338 e. The van der Waals surface area contributed by atoms with Crippen molar-refractivity contribution in [2.24, 2.45) is 5.10 Å². The molecule has 9 heteroatoms. The van der Waals surface area contributed by atoms with Gasteiger partial charge in [0.15, 0.2) is 0 Å². The highest BCUT2D eigenvalue weighted by Gasteiger charge is 2.10. The van der Waals surface area contributed by atoms with E-state index in [9.17, 15) is 4.79 Å². The van der Waals surface area contributed by atoms with Gasteiger partial charge in [0.05, 0.1) is 17.9 Å². The SMILES string of the molecule is CC(C)OC(=O)c1ccc(-c2ccc(/C=N\Nc3nn[nH]n3)o2)cc1. The summed E-state index contributed by atoms with van der Waals surface area (Å²) in [6, 6.07) is 10.6. The van der Waals surface area contributed by atoms with Crippen molar-refractivity contribution >= 4 is 18.1 Å². The maximum atomic E-state index is 11.8. The summed E-state index contributed by atoms with van der Waals surface area (Å²) in [5, 5.41) is 17.0. The van der Waals surface area contributed by atoms with Crippen molar-refractivity contribution < 1.29 is 13.9 Å². The van der Waals surface area contributed by atoms with Crippen LogP contribution in [-0.2, 0) is 4.74 Å². The Balaban J connectivity index is 1.65. The number of anilines is 1. The first-order valence-electron chi connectivity index (χ1n) is 7.55. The number of hydrazone groups is 1. The Labute approximate surface area is 143 Å². The average Bonchev–Trinajstić information content (AvgIpc) is 3.26. The number of nitrogens with zero attached hydrogens (tertiary/aromatic N) is 4. The van der Waals surface area contributed by atoms with Gasteiger partial charge in [0.25, 0.3) is 5.95 Å². The van der Waals surface area contributed by atoms with E-state index in [1.54, 1.807) is 30.3 Å². The molecule has 0 unspecified atom stereocenters. The fourth-order valence-corrected chi connectivity index (χ4v) is 1.99. The quantitative estimate of drug-likeness (QED) is 0.402. The van der Waals surface area contributed by atoms with Gasteiger partial charge in [0.1, 0.15) is 11.5 Å². The van der Waals surface area contributed by atoms with Gasteiger partial charge in [0.2, 0.25) is 0 Å². The molecule has 0 aliphatic heterocycles. The summed E-state index contributed by atoms with van der Waals surface area (Å²) in [4.78, 5) is 11.8. The molecule has 128 valence electrons. The molecular weight excluding hydrogens is 324 g/mol. The number of carbonyl (C=O) groups is 1. The van der Waals surface area contributed by atoms with Crippen molar-refractivity contribution in [2.45, 2.75) is 20.0 Å². The Hall–Kier alpha value is -3.49. The Bertz CT molecular complexity index is 852. The van der Waals surface area contributed by atoms with E-state index in [4.69, 9.17) is 9.15 Å². The van der Waals surface area contributed by atoms with E-state index in [2.05, 4.69) is 31.2 Å². The van der Waals surface area contributed by atoms with E-state index < -0.39 is 0 Å². The Morgan fingerprint density at radius 3 is 2.76 bits per heavy atom. The van der Waals surface area contributed by atoms with Crippen molar-refractivity contribution in [3.63, 3.8) is 0 Å². The van der Waals surface area contributed by atoms with Crippen LogP contribution in [0.25, 0.3) is 11.3 Å². The van der Waals surface area contributed by atoms with Crippen LogP contribution < -0.4 is 5.43 Å². The van der Waals surface area contributed by atoms with Gasteiger partial charge in [-0.05, 0) is 43.3 Å². The molecule has 3 rings (SSSR count). The number of esters is 1. The van der Waals surface area contributed by atoms with Crippen LogP contribution in [0.2, 0.25) is 0 Å². The van der Waals surface area contributed by atoms with Crippen LogP contribution in [0.3, 0.4) is 0 Å². The summed E-state index contributed by atoms with van der Waals surface area (Å²) in [7, 11) is 0. The predicted molar refractivity (Wildman–Crippen MR) is 90.1 cm³/mol. The van der Waals surface area contributed by atoms with Crippen LogP contribution in [0.15, 0.2) is 45.9 Å². The average molecular weight is 340 g/mol. The van der Waals surface area contributed by atoms with Gasteiger partial charge >= 0.3 is 5.97 Å². The molecule has 3 aromatic rings. The van der Waals surface area contributed by atoms with E-state index in [0.29, 0.717) is 17.1 Å². The van der Waals surface area contributed by atoms with Crippen molar-refractivity contribution in [1.82, 2.24) is 20.6 Å². The van der Waals surface area contributed by atoms with Crippen LogP contribution >= 0.6 is 0 Å². The van der Waals surface area contributed by atoms with Crippen LogP contribution in [0, 0.1) is 0 Å². The van der Waals surface area contributed by atoms with E-state index >= 15 is 0 Å². The number of tetrazole rings is 1. The molecule has 1 aromatic carbocycles. The molecule has 25 heavy (non-hydrogen) atoms. The number of H-pyrrole nitrogens is 1. The minimum Gasteiger partial charge on any atom is -0.459 e. The first-order chi connectivity index (χ1) is 12.1. The zero-order valence-electron chi connectivity index (χ0n) is 13.6. The second kappa shape index (κ2) is 7.39. The minimum atomic E-state index is -0.346. The highest BCUT2D eigenvalue weighted by atomic mass is 16.5. The molecule has 0 aliphatic carbocycles. The molecule has 0 amide bonds. The van der Waals surface area contributed by atoms with Crippen molar-refractivity contribution in [1.29, 1.82) is 0 Å². The molecule has 0 saturated carbocycles. The molecule has 2 N–H and O–H groups in total. The summed E-state index contributed by atoms with van der Waals surface area (Å²) in [5.41, 5.74) is 3.93. The topological polar surface area (TPSA) is 118 Å². The molecule has 0 fully saturated rings. The monoisotopic (exact) mass is 340 g/mol. The number of hydrogen-bond donors (Lipinski definition) is 2. The molecule has 0 saturated heterocycles. The van der Waals surface area contributed by atoms with Gasteiger partial charge in [-0.25, -0.2) is 10.2 Å². The first-order valence-corrected chi connectivity index (χ1v) is 7.55. The summed E-state index contributed by atoms with van der Waals surface area (Å²) in [6.07, 6.45) is 1.34. The molecule has 0 aliphatic rings. The number of rotatable bonds is 6.